The van der Waals surface area contributed by atoms with Crippen LogP contribution < -0.4 is 4.74 Å². The van der Waals surface area contributed by atoms with Crippen molar-refractivity contribution >= 4 is 5.97 Å². The molecule has 3 rings (SSSR count). The average Bonchev–Trinajstić information content (AvgIpc) is 3.13. The maximum atomic E-state index is 11.0. The van der Waals surface area contributed by atoms with Crippen LogP contribution in [0.4, 0.5) is 0 Å². The number of fused-ring (bicyclic) bond motifs is 2. The van der Waals surface area contributed by atoms with Gasteiger partial charge < -0.3 is 9.84 Å². The minimum Gasteiger partial charge on any atom is -0.496 e. The van der Waals surface area contributed by atoms with E-state index in [2.05, 4.69) is 6.07 Å². The van der Waals surface area contributed by atoms with Gasteiger partial charge in [0.15, 0.2) is 0 Å². The lowest BCUT2D eigenvalue weighted by Crippen LogP contribution is -2.29. The summed E-state index contributed by atoms with van der Waals surface area (Å²) in [6, 6.07) is 6.20. The van der Waals surface area contributed by atoms with Crippen molar-refractivity contribution in [3.05, 3.63) is 29.3 Å². The van der Waals surface area contributed by atoms with E-state index >= 15 is 0 Å². The van der Waals surface area contributed by atoms with Crippen molar-refractivity contribution in [1.29, 1.82) is 0 Å². The third-order valence-electron chi connectivity index (χ3n) is 4.58. The molecule has 1 spiro atoms. The lowest BCUT2D eigenvalue weighted by Gasteiger charge is -2.34. The molecule has 0 radical (unpaired) electrons. The van der Waals surface area contributed by atoms with E-state index in [9.17, 15) is 4.79 Å². The van der Waals surface area contributed by atoms with Gasteiger partial charge in [-0.25, -0.2) is 0 Å². The largest absolute Gasteiger partial charge is 0.496 e. The number of rotatable bonds is 3. The molecule has 1 aromatic rings. The first-order valence-corrected chi connectivity index (χ1v) is 6.55. The Balaban J connectivity index is 2.03. The summed E-state index contributed by atoms with van der Waals surface area (Å²) < 4.78 is 5.49. The van der Waals surface area contributed by atoms with Crippen molar-refractivity contribution in [1.82, 2.24) is 0 Å². The normalized spacial score (nSPS) is 23.5. The SMILES string of the molecule is COc1cccc2c1C1(CC1)C(CC(=O)O)CC2. The van der Waals surface area contributed by atoms with Gasteiger partial charge in [0.05, 0.1) is 7.11 Å². The monoisotopic (exact) mass is 246 g/mol. The Morgan fingerprint density at radius 3 is 2.89 bits per heavy atom. The quantitative estimate of drug-likeness (QED) is 0.892. The van der Waals surface area contributed by atoms with Crippen molar-refractivity contribution in [2.24, 2.45) is 5.92 Å². The van der Waals surface area contributed by atoms with Crippen LogP contribution in [-0.4, -0.2) is 18.2 Å². The molecule has 0 aromatic heterocycles. The number of carboxylic acids is 1. The van der Waals surface area contributed by atoms with Crippen molar-refractivity contribution < 1.29 is 14.6 Å². The standard InChI is InChI=1S/C15H18O3/c1-18-12-4-2-3-10-5-6-11(9-13(16)17)15(7-8-15)14(10)12/h2-4,11H,5-9H2,1H3,(H,16,17). The summed E-state index contributed by atoms with van der Waals surface area (Å²) in [6.45, 7) is 0. The zero-order valence-electron chi connectivity index (χ0n) is 10.6. The van der Waals surface area contributed by atoms with Crippen LogP contribution in [0.25, 0.3) is 0 Å². The number of carboxylic acid groups (broad SMARTS) is 1. The molecule has 1 aromatic carbocycles. The molecule has 1 atom stereocenters. The molecule has 1 saturated carbocycles. The number of carbonyl (C=O) groups is 1. The van der Waals surface area contributed by atoms with E-state index in [0.717, 1.165) is 31.4 Å². The number of benzene rings is 1. The van der Waals surface area contributed by atoms with Gasteiger partial charge in [0, 0.05) is 17.4 Å². The third kappa shape index (κ3) is 1.61. The van der Waals surface area contributed by atoms with Crippen LogP contribution in [0.2, 0.25) is 0 Å². The van der Waals surface area contributed by atoms with Gasteiger partial charge in [-0.3, -0.25) is 4.79 Å². The molecule has 0 saturated heterocycles. The van der Waals surface area contributed by atoms with Crippen LogP contribution in [0.15, 0.2) is 18.2 Å². The topological polar surface area (TPSA) is 46.5 Å². The van der Waals surface area contributed by atoms with Crippen molar-refractivity contribution in [2.75, 3.05) is 7.11 Å². The minimum atomic E-state index is -0.676. The van der Waals surface area contributed by atoms with Crippen LogP contribution >= 0.6 is 0 Å². The van der Waals surface area contributed by atoms with Crippen LogP contribution in [0, 0.1) is 5.92 Å². The summed E-state index contributed by atoms with van der Waals surface area (Å²) >= 11 is 0. The Bertz CT molecular complexity index is 474. The molecule has 3 nitrogen and oxygen atoms in total. The van der Waals surface area contributed by atoms with E-state index in [1.807, 2.05) is 12.1 Å². The summed E-state index contributed by atoms with van der Waals surface area (Å²) in [7, 11) is 1.70. The number of methoxy groups -OCH3 is 1. The Morgan fingerprint density at radius 2 is 2.28 bits per heavy atom. The van der Waals surface area contributed by atoms with E-state index in [-0.39, 0.29) is 17.8 Å². The van der Waals surface area contributed by atoms with Gasteiger partial charge in [-0.15, -0.1) is 0 Å². The minimum absolute atomic E-state index is 0.0958. The third-order valence-corrected chi connectivity index (χ3v) is 4.58. The summed E-state index contributed by atoms with van der Waals surface area (Å²) in [6.07, 6.45) is 4.48. The van der Waals surface area contributed by atoms with Gasteiger partial charge in [-0.05, 0) is 43.2 Å². The summed E-state index contributed by atoms with van der Waals surface area (Å²) in [5.74, 6) is 0.545. The molecule has 2 aliphatic carbocycles. The Hall–Kier alpha value is -1.51. The second kappa shape index (κ2) is 4.01. The molecule has 2 aliphatic rings. The van der Waals surface area contributed by atoms with Gasteiger partial charge in [-0.1, -0.05) is 12.1 Å². The van der Waals surface area contributed by atoms with Gasteiger partial charge in [0.1, 0.15) is 5.75 Å². The van der Waals surface area contributed by atoms with Crippen molar-refractivity contribution in [2.45, 2.75) is 37.5 Å². The molecule has 3 heteroatoms. The maximum absolute atomic E-state index is 11.0. The first kappa shape index (κ1) is 11.6. The van der Waals surface area contributed by atoms with E-state index in [4.69, 9.17) is 9.84 Å². The Labute approximate surface area is 107 Å². The molecular weight excluding hydrogens is 228 g/mol. The van der Waals surface area contributed by atoms with Gasteiger partial charge in [0.25, 0.3) is 0 Å². The second-order valence-corrected chi connectivity index (χ2v) is 5.48. The molecule has 0 heterocycles. The average molecular weight is 246 g/mol. The number of hydrogen-bond donors (Lipinski definition) is 1. The fourth-order valence-electron chi connectivity index (χ4n) is 3.63. The Morgan fingerprint density at radius 1 is 1.50 bits per heavy atom. The first-order valence-electron chi connectivity index (χ1n) is 6.55. The van der Waals surface area contributed by atoms with Crippen molar-refractivity contribution in [3.63, 3.8) is 0 Å². The molecule has 1 fully saturated rings. The lowest BCUT2D eigenvalue weighted by molar-refractivity contribution is -0.138. The summed E-state index contributed by atoms with van der Waals surface area (Å²) in [5.41, 5.74) is 2.75. The van der Waals surface area contributed by atoms with Gasteiger partial charge in [-0.2, -0.15) is 0 Å². The number of aryl methyl sites for hydroxylation is 1. The molecule has 1 N–H and O–H groups in total. The molecule has 0 amide bonds. The lowest BCUT2D eigenvalue weighted by atomic mass is 9.70. The zero-order chi connectivity index (χ0) is 12.8. The highest BCUT2D eigenvalue weighted by Gasteiger charge is 2.54. The van der Waals surface area contributed by atoms with Crippen molar-refractivity contribution in [3.8, 4) is 5.75 Å². The highest BCUT2D eigenvalue weighted by atomic mass is 16.5. The fourth-order valence-corrected chi connectivity index (χ4v) is 3.63. The predicted molar refractivity (Wildman–Crippen MR) is 68.0 cm³/mol. The summed E-state index contributed by atoms with van der Waals surface area (Å²) in [5, 5.41) is 9.07. The molecule has 0 aliphatic heterocycles. The summed E-state index contributed by atoms with van der Waals surface area (Å²) in [4.78, 5) is 11.0. The van der Waals surface area contributed by atoms with E-state index in [1.165, 1.54) is 11.1 Å². The molecule has 18 heavy (non-hydrogen) atoms. The molecule has 1 unspecified atom stereocenters. The fraction of sp³-hybridized carbons (Fsp3) is 0.533. The van der Waals surface area contributed by atoms with Gasteiger partial charge >= 0.3 is 5.97 Å². The number of aliphatic carboxylic acids is 1. The second-order valence-electron chi connectivity index (χ2n) is 5.48. The van der Waals surface area contributed by atoms with Crippen LogP contribution in [0.5, 0.6) is 5.75 Å². The van der Waals surface area contributed by atoms with E-state index < -0.39 is 5.97 Å². The number of ether oxygens (including phenoxy) is 1. The Kier molecular flexibility index (Phi) is 2.58. The molecule has 0 bridgehead atoms. The maximum Gasteiger partial charge on any atom is 0.303 e. The highest BCUT2D eigenvalue weighted by molar-refractivity contribution is 5.68. The molecule has 96 valence electrons. The number of hydrogen-bond acceptors (Lipinski definition) is 2. The highest BCUT2D eigenvalue weighted by Crippen LogP contribution is 2.61. The van der Waals surface area contributed by atoms with Crippen LogP contribution in [0.1, 0.15) is 36.8 Å². The van der Waals surface area contributed by atoms with E-state index in [0.29, 0.717) is 0 Å². The van der Waals surface area contributed by atoms with Gasteiger partial charge in [0.2, 0.25) is 0 Å². The predicted octanol–water partition coefficient (Wildman–Crippen LogP) is 2.76. The van der Waals surface area contributed by atoms with Crippen LogP contribution in [-0.2, 0) is 16.6 Å². The van der Waals surface area contributed by atoms with Crippen LogP contribution in [0.3, 0.4) is 0 Å². The molecular formula is C15H18O3. The smallest absolute Gasteiger partial charge is 0.303 e. The first-order chi connectivity index (χ1) is 8.67. The zero-order valence-corrected chi connectivity index (χ0v) is 10.6. The van der Waals surface area contributed by atoms with E-state index in [1.54, 1.807) is 7.11 Å².